The van der Waals surface area contributed by atoms with Crippen LogP contribution in [-0.4, -0.2) is 0 Å². The van der Waals surface area contributed by atoms with Crippen LogP contribution in [0.5, 0.6) is 11.5 Å². The first-order chi connectivity index (χ1) is 8.20. The van der Waals surface area contributed by atoms with Crippen LogP contribution in [0.15, 0.2) is 46.9 Å². The van der Waals surface area contributed by atoms with Crippen molar-refractivity contribution in [2.24, 2.45) is 5.73 Å². The molecule has 0 bridgehead atoms. The third kappa shape index (κ3) is 2.84. The quantitative estimate of drug-likeness (QED) is 0.934. The number of ether oxygens (including phenoxy) is 1. The number of nitrogens with two attached hydrogens (primary N) is 1. The molecular weight excluding hydrogens is 285 g/mol. The van der Waals surface area contributed by atoms with E-state index in [1.165, 1.54) is 6.07 Å². The van der Waals surface area contributed by atoms with Crippen LogP contribution in [0.4, 0.5) is 4.39 Å². The molecule has 0 unspecified atom stereocenters. The fourth-order valence-electron chi connectivity index (χ4n) is 1.44. The Morgan fingerprint density at radius 1 is 1.12 bits per heavy atom. The predicted octanol–water partition coefficient (Wildman–Crippen LogP) is 3.84. The van der Waals surface area contributed by atoms with Crippen molar-refractivity contribution in [2.45, 2.75) is 6.54 Å². The second-order valence-corrected chi connectivity index (χ2v) is 4.40. The molecule has 2 rings (SSSR count). The molecule has 0 spiro atoms. The Hall–Kier alpha value is -1.39. The smallest absolute Gasteiger partial charge is 0.165 e. The molecule has 2 aromatic rings. The summed E-state index contributed by atoms with van der Waals surface area (Å²) in [5.74, 6) is 0.364. The van der Waals surface area contributed by atoms with Crippen molar-refractivity contribution in [3.05, 3.63) is 58.3 Å². The first kappa shape index (κ1) is 12.1. The summed E-state index contributed by atoms with van der Waals surface area (Å²) in [4.78, 5) is 0. The summed E-state index contributed by atoms with van der Waals surface area (Å²) in [6.07, 6.45) is 0. The molecule has 0 saturated heterocycles. The van der Waals surface area contributed by atoms with Crippen molar-refractivity contribution in [3.8, 4) is 11.5 Å². The first-order valence-electron chi connectivity index (χ1n) is 5.11. The summed E-state index contributed by atoms with van der Waals surface area (Å²) in [5, 5.41) is 0. The topological polar surface area (TPSA) is 35.2 Å². The molecule has 4 heteroatoms. The van der Waals surface area contributed by atoms with E-state index in [1.54, 1.807) is 24.3 Å². The minimum absolute atomic E-state index is 0.195. The number of hydrogen-bond donors (Lipinski definition) is 1. The highest BCUT2D eigenvalue weighted by atomic mass is 79.9. The van der Waals surface area contributed by atoms with Gasteiger partial charge in [-0.2, -0.15) is 0 Å². The van der Waals surface area contributed by atoms with Gasteiger partial charge in [0.05, 0.1) is 0 Å². The Balaban J connectivity index is 2.35. The molecule has 0 amide bonds. The molecule has 88 valence electrons. The number of hydrogen-bond acceptors (Lipinski definition) is 2. The van der Waals surface area contributed by atoms with Gasteiger partial charge in [0.25, 0.3) is 0 Å². The Morgan fingerprint density at radius 2 is 1.88 bits per heavy atom. The highest BCUT2D eigenvalue weighted by Crippen LogP contribution is 2.29. The number of benzene rings is 2. The Kier molecular flexibility index (Phi) is 3.76. The fourth-order valence-corrected chi connectivity index (χ4v) is 1.78. The molecule has 17 heavy (non-hydrogen) atoms. The molecular formula is C13H11BrFNO. The summed E-state index contributed by atoms with van der Waals surface area (Å²) in [6.45, 7) is 0.344. The third-order valence-electron chi connectivity index (χ3n) is 2.31. The van der Waals surface area contributed by atoms with Crippen molar-refractivity contribution >= 4 is 15.9 Å². The van der Waals surface area contributed by atoms with Gasteiger partial charge in [-0.05, 0) is 24.3 Å². The van der Waals surface area contributed by atoms with Crippen LogP contribution in [0.2, 0.25) is 0 Å². The van der Waals surface area contributed by atoms with E-state index in [0.717, 1.165) is 10.0 Å². The lowest BCUT2D eigenvalue weighted by molar-refractivity contribution is 0.437. The predicted molar refractivity (Wildman–Crippen MR) is 68.5 cm³/mol. The second-order valence-electron chi connectivity index (χ2n) is 3.49. The van der Waals surface area contributed by atoms with Crippen LogP contribution >= 0.6 is 15.9 Å². The van der Waals surface area contributed by atoms with Gasteiger partial charge in [-0.3, -0.25) is 0 Å². The minimum atomic E-state index is -0.393. The van der Waals surface area contributed by atoms with Crippen molar-refractivity contribution in [3.63, 3.8) is 0 Å². The zero-order valence-electron chi connectivity index (χ0n) is 8.99. The number of halogens is 2. The van der Waals surface area contributed by atoms with Crippen LogP contribution < -0.4 is 10.5 Å². The maximum Gasteiger partial charge on any atom is 0.165 e. The molecule has 0 aliphatic heterocycles. The van der Waals surface area contributed by atoms with E-state index in [9.17, 15) is 4.39 Å². The fraction of sp³-hybridized carbons (Fsp3) is 0.0769. The number of para-hydroxylation sites is 1. The molecule has 0 aliphatic carbocycles. The lowest BCUT2D eigenvalue weighted by Crippen LogP contribution is -2.00. The second kappa shape index (κ2) is 5.29. The van der Waals surface area contributed by atoms with E-state index in [4.69, 9.17) is 10.5 Å². The Labute approximate surface area is 107 Å². The summed E-state index contributed by atoms with van der Waals surface area (Å²) in [7, 11) is 0. The lowest BCUT2D eigenvalue weighted by Gasteiger charge is -2.10. The largest absolute Gasteiger partial charge is 0.454 e. The summed E-state index contributed by atoms with van der Waals surface area (Å²) >= 11 is 3.34. The van der Waals surface area contributed by atoms with Crippen LogP contribution in [0.1, 0.15) is 5.56 Å². The van der Waals surface area contributed by atoms with E-state index < -0.39 is 5.82 Å². The maximum absolute atomic E-state index is 13.4. The third-order valence-corrected chi connectivity index (χ3v) is 2.80. The van der Waals surface area contributed by atoms with E-state index in [2.05, 4.69) is 15.9 Å². The zero-order chi connectivity index (χ0) is 12.3. The standard InChI is InChI=1S/C13H11BrFNO/c14-10-6-5-9(8-16)13(7-10)17-12-4-2-1-3-11(12)15/h1-7H,8,16H2. The molecule has 0 aliphatic rings. The number of rotatable bonds is 3. The highest BCUT2D eigenvalue weighted by Gasteiger charge is 2.07. The summed E-state index contributed by atoms with van der Waals surface area (Å²) < 4.78 is 19.8. The highest BCUT2D eigenvalue weighted by molar-refractivity contribution is 9.10. The van der Waals surface area contributed by atoms with Crippen LogP contribution in [0.3, 0.4) is 0 Å². The van der Waals surface area contributed by atoms with Crippen LogP contribution in [0.25, 0.3) is 0 Å². The lowest BCUT2D eigenvalue weighted by atomic mass is 10.2. The van der Waals surface area contributed by atoms with Crippen molar-refractivity contribution in [2.75, 3.05) is 0 Å². The normalized spacial score (nSPS) is 10.3. The van der Waals surface area contributed by atoms with E-state index in [-0.39, 0.29) is 5.75 Å². The van der Waals surface area contributed by atoms with Gasteiger partial charge in [-0.15, -0.1) is 0 Å². The van der Waals surface area contributed by atoms with Crippen molar-refractivity contribution in [1.82, 2.24) is 0 Å². The van der Waals surface area contributed by atoms with E-state index >= 15 is 0 Å². The Morgan fingerprint density at radius 3 is 2.59 bits per heavy atom. The van der Waals surface area contributed by atoms with E-state index in [1.807, 2.05) is 12.1 Å². The molecule has 0 aromatic heterocycles. The van der Waals surface area contributed by atoms with Gasteiger partial charge in [0.2, 0.25) is 0 Å². The molecule has 0 saturated carbocycles. The van der Waals surface area contributed by atoms with Gasteiger partial charge in [-0.1, -0.05) is 34.1 Å². The molecule has 0 heterocycles. The molecule has 0 radical (unpaired) electrons. The minimum Gasteiger partial charge on any atom is -0.454 e. The monoisotopic (exact) mass is 295 g/mol. The van der Waals surface area contributed by atoms with Crippen LogP contribution in [-0.2, 0) is 6.54 Å². The Bertz CT molecular complexity index is 531. The SMILES string of the molecule is NCc1ccc(Br)cc1Oc1ccccc1F. The average Bonchev–Trinajstić information content (AvgIpc) is 2.32. The van der Waals surface area contributed by atoms with Crippen molar-refractivity contribution in [1.29, 1.82) is 0 Å². The van der Waals surface area contributed by atoms with Gasteiger partial charge in [-0.25, -0.2) is 4.39 Å². The van der Waals surface area contributed by atoms with E-state index in [0.29, 0.717) is 12.3 Å². The summed E-state index contributed by atoms with van der Waals surface area (Å²) in [5.41, 5.74) is 6.43. The van der Waals surface area contributed by atoms with Gasteiger partial charge in [0, 0.05) is 16.6 Å². The van der Waals surface area contributed by atoms with Gasteiger partial charge in [0.1, 0.15) is 5.75 Å². The van der Waals surface area contributed by atoms with Crippen molar-refractivity contribution < 1.29 is 9.13 Å². The average molecular weight is 296 g/mol. The molecule has 2 N–H and O–H groups in total. The molecule has 2 nitrogen and oxygen atoms in total. The van der Waals surface area contributed by atoms with Crippen LogP contribution in [0, 0.1) is 5.82 Å². The van der Waals surface area contributed by atoms with Gasteiger partial charge >= 0.3 is 0 Å². The van der Waals surface area contributed by atoms with Gasteiger partial charge < -0.3 is 10.5 Å². The molecule has 2 aromatic carbocycles. The van der Waals surface area contributed by atoms with Gasteiger partial charge in [0.15, 0.2) is 11.6 Å². The molecule has 0 atom stereocenters. The summed E-state index contributed by atoms with van der Waals surface area (Å²) in [6, 6.07) is 11.8. The maximum atomic E-state index is 13.4. The first-order valence-corrected chi connectivity index (χ1v) is 5.91. The molecule has 0 fully saturated rings. The zero-order valence-corrected chi connectivity index (χ0v) is 10.6.